The van der Waals surface area contributed by atoms with Crippen LogP contribution in [0.5, 0.6) is 0 Å². The van der Waals surface area contributed by atoms with Gasteiger partial charge < -0.3 is 14.9 Å². The highest BCUT2D eigenvalue weighted by molar-refractivity contribution is 5.65. The van der Waals surface area contributed by atoms with Crippen LogP contribution in [0.4, 0.5) is 28.0 Å². The van der Waals surface area contributed by atoms with Gasteiger partial charge in [0, 0.05) is 44.0 Å². The van der Waals surface area contributed by atoms with Gasteiger partial charge in [-0.25, -0.2) is 9.18 Å². The molecule has 2 heterocycles. The third-order valence-electron chi connectivity index (χ3n) is 6.59. The first-order valence-corrected chi connectivity index (χ1v) is 10.3. The van der Waals surface area contributed by atoms with Gasteiger partial charge in [-0.3, -0.25) is 4.90 Å². The van der Waals surface area contributed by atoms with Crippen LogP contribution >= 0.6 is 0 Å². The third kappa shape index (κ3) is 4.99. The molecule has 2 aliphatic heterocycles. The van der Waals surface area contributed by atoms with Crippen molar-refractivity contribution < 1.29 is 27.5 Å². The number of hydrogen-bond donors (Lipinski definition) is 1. The Balaban J connectivity index is 1.77. The largest absolute Gasteiger partial charge is 0.465 e. The van der Waals surface area contributed by atoms with Gasteiger partial charge in [0.1, 0.15) is 6.17 Å². The third-order valence-corrected chi connectivity index (χ3v) is 6.59. The van der Waals surface area contributed by atoms with Crippen molar-refractivity contribution in [1.29, 1.82) is 0 Å². The van der Waals surface area contributed by atoms with Gasteiger partial charge in [0.2, 0.25) is 0 Å². The first-order valence-electron chi connectivity index (χ1n) is 10.3. The van der Waals surface area contributed by atoms with Crippen LogP contribution in [0.15, 0.2) is 18.2 Å². The number of anilines is 1. The minimum absolute atomic E-state index is 0.117. The number of piperidine rings is 2. The van der Waals surface area contributed by atoms with Crippen LogP contribution < -0.4 is 4.90 Å². The molecular weight excluding hydrogens is 402 g/mol. The Morgan fingerprint density at radius 1 is 1.20 bits per heavy atom. The van der Waals surface area contributed by atoms with Crippen molar-refractivity contribution in [1.82, 2.24) is 9.80 Å². The molecule has 0 spiro atoms. The summed E-state index contributed by atoms with van der Waals surface area (Å²) in [5, 5.41) is 9.14. The molecule has 168 valence electrons. The first-order chi connectivity index (χ1) is 14.0. The van der Waals surface area contributed by atoms with Crippen LogP contribution in [-0.4, -0.2) is 65.9 Å². The first kappa shape index (κ1) is 22.7. The summed E-state index contributed by atoms with van der Waals surface area (Å²) in [6, 6.07) is 4.20. The maximum absolute atomic E-state index is 13.6. The van der Waals surface area contributed by atoms with Crippen molar-refractivity contribution in [3.63, 3.8) is 0 Å². The smallest absolute Gasteiger partial charge is 0.418 e. The summed E-state index contributed by atoms with van der Waals surface area (Å²) in [5.74, 6) is 0. The molecule has 1 aromatic carbocycles. The van der Waals surface area contributed by atoms with E-state index < -0.39 is 24.0 Å². The Kier molecular flexibility index (Phi) is 6.50. The number of carboxylic acid groups (broad SMARTS) is 1. The van der Waals surface area contributed by atoms with E-state index in [2.05, 4.69) is 11.8 Å². The predicted octanol–water partition coefficient (Wildman–Crippen LogP) is 4.61. The van der Waals surface area contributed by atoms with Gasteiger partial charge >= 0.3 is 12.3 Å². The topological polar surface area (TPSA) is 47.0 Å². The number of halogens is 4. The van der Waals surface area contributed by atoms with E-state index in [4.69, 9.17) is 5.11 Å². The second-order valence-corrected chi connectivity index (χ2v) is 8.63. The lowest BCUT2D eigenvalue weighted by Gasteiger charge is -2.44. The van der Waals surface area contributed by atoms with Crippen molar-refractivity contribution in [3.05, 3.63) is 29.3 Å². The molecule has 9 heteroatoms. The van der Waals surface area contributed by atoms with Gasteiger partial charge in [-0.2, -0.15) is 13.2 Å². The zero-order valence-corrected chi connectivity index (χ0v) is 17.4. The van der Waals surface area contributed by atoms with Crippen LogP contribution in [0.2, 0.25) is 0 Å². The zero-order chi connectivity index (χ0) is 22.1. The number of nitrogens with zero attached hydrogens (tertiary/aromatic N) is 3. The summed E-state index contributed by atoms with van der Waals surface area (Å²) in [4.78, 5) is 16.3. The lowest BCUT2D eigenvalue weighted by atomic mass is 9.87. The summed E-state index contributed by atoms with van der Waals surface area (Å²) >= 11 is 0. The molecule has 0 radical (unpaired) electrons. The lowest BCUT2D eigenvalue weighted by molar-refractivity contribution is -0.137. The van der Waals surface area contributed by atoms with E-state index in [9.17, 15) is 22.4 Å². The van der Waals surface area contributed by atoms with Crippen molar-refractivity contribution in [2.24, 2.45) is 0 Å². The fourth-order valence-corrected chi connectivity index (χ4v) is 4.29. The van der Waals surface area contributed by atoms with Gasteiger partial charge in [0.15, 0.2) is 0 Å². The number of rotatable bonds is 4. The number of alkyl halides is 4. The van der Waals surface area contributed by atoms with E-state index in [0.717, 1.165) is 11.6 Å². The zero-order valence-electron chi connectivity index (χ0n) is 17.4. The van der Waals surface area contributed by atoms with E-state index in [1.54, 1.807) is 11.0 Å². The van der Waals surface area contributed by atoms with Crippen LogP contribution in [0.1, 0.15) is 43.7 Å². The number of benzene rings is 1. The molecule has 1 aromatic rings. The van der Waals surface area contributed by atoms with Crippen LogP contribution in [-0.2, 0) is 12.7 Å². The molecule has 5 nitrogen and oxygen atoms in total. The van der Waals surface area contributed by atoms with E-state index in [-0.39, 0.29) is 37.2 Å². The van der Waals surface area contributed by atoms with Crippen LogP contribution in [0, 0.1) is 0 Å². The number of likely N-dealkylation sites (tertiary alicyclic amines) is 1. The molecule has 0 aromatic heterocycles. The highest BCUT2D eigenvalue weighted by Gasteiger charge is 2.37. The Labute approximate surface area is 174 Å². The van der Waals surface area contributed by atoms with E-state index in [1.165, 1.54) is 11.0 Å². The molecular formula is C21H29F4N3O2. The minimum atomic E-state index is -4.47. The summed E-state index contributed by atoms with van der Waals surface area (Å²) in [7, 11) is 1.92. The van der Waals surface area contributed by atoms with E-state index in [0.29, 0.717) is 32.5 Å². The SMILES string of the molecule is CN(Cc1ccc(C(F)(F)F)c(N2CCC(F)CC2)c1)C1(C)CCN(C(=O)O)CC1. The van der Waals surface area contributed by atoms with Gasteiger partial charge in [-0.15, -0.1) is 0 Å². The second kappa shape index (κ2) is 8.61. The molecule has 0 saturated carbocycles. The number of carbonyl (C=O) groups is 1. The molecule has 2 aliphatic rings. The summed E-state index contributed by atoms with van der Waals surface area (Å²) in [5.41, 5.74) is -0.0513. The molecule has 0 bridgehead atoms. The van der Waals surface area contributed by atoms with Gasteiger partial charge in [0.25, 0.3) is 0 Å². The molecule has 1 N–H and O–H groups in total. The molecule has 0 unspecified atom stereocenters. The Bertz CT molecular complexity index is 755. The minimum Gasteiger partial charge on any atom is -0.465 e. The monoisotopic (exact) mass is 431 g/mol. The Hall–Kier alpha value is -2.03. The van der Waals surface area contributed by atoms with E-state index >= 15 is 0 Å². The van der Waals surface area contributed by atoms with Crippen molar-refractivity contribution in [3.8, 4) is 0 Å². The highest BCUT2D eigenvalue weighted by Crippen LogP contribution is 2.39. The second-order valence-electron chi connectivity index (χ2n) is 8.63. The van der Waals surface area contributed by atoms with Crippen molar-refractivity contribution in [2.75, 3.05) is 38.1 Å². The van der Waals surface area contributed by atoms with Crippen molar-refractivity contribution >= 4 is 11.8 Å². The van der Waals surface area contributed by atoms with Crippen molar-refractivity contribution in [2.45, 2.75) is 57.0 Å². The Morgan fingerprint density at radius 2 is 1.80 bits per heavy atom. The molecule has 2 saturated heterocycles. The fourth-order valence-electron chi connectivity index (χ4n) is 4.29. The quantitative estimate of drug-likeness (QED) is 0.708. The number of hydrogen-bond acceptors (Lipinski definition) is 3. The highest BCUT2D eigenvalue weighted by atomic mass is 19.4. The molecule has 0 aliphatic carbocycles. The Morgan fingerprint density at radius 3 is 2.33 bits per heavy atom. The maximum Gasteiger partial charge on any atom is 0.418 e. The van der Waals surface area contributed by atoms with Crippen LogP contribution in [0.3, 0.4) is 0 Å². The molecule has 30 heavy (non-hydrogen) atoms. The fraction of sp³-hybridized carbons (Fsp3) is 0.667. The molecule has 2 fully saturated rings. The predicted molar refractivity (Wildman–Crippen MR) is 106 cm³/mol. The van der Waals surface area contributed by atoms with E-state index in [1.807, 2.05) is 7.05 Å². The molecule has 0 atom stereocenters. The van der Waals surface area contributed by atoms with Gasteiger partial charge in [0.05, 0.1) is 5.56 Å². The summed E-state index contributed by atoms with van der Waals surface area (Å²) in [6.07, 6.45) is -4.56. The standard InChI is InChI=1S/C21H29F4N3O2/c1-20(7-11-28(12-8-20)19(29)30)26(2)14-15-3-4-17(21(23,24)25)18(13-15)27-9-5-16(22)6-10-27/h3-4,13,16H,5-12,14H2,1-2H3,(H,29,30). The van der Waals surface area contributed by atoms with Crippen LogP contribution in [0.25, 0.3) is 0 Å². The maximum atomic E-state index is 13.6. The van der Waals surface area contributed by atoms with Gasteiger partial charge in [-0.05, 0) is 57.4 Å². The summed E-state index contributed by atoms with van der Waals surface area (Å²) < 4.78 is 54.2. The molecule has 1 amide bonds. The normalized spacial score (nSPS) is 20.6. The lowest BCUT2D eigenvalue weighted by Crippen LogP contribution is -2.52. The number of amides is 1. The van der Waals surface area contributed by atoms with Gasteiger partial charge in [-0.1, -0.05) is 6.07 Å². The summed E-state index contributed by atoms with van der Waals surface area (Å²) in [6.45, 7) is 3.93. The molecule has 3 rings (SSSR count). The average molecular weight is 431 g/mol. The average Bonchev–Trinajstić information content (AvgIpc) is 2.68.